The summed E-state index contributed by atoms with van der Waals surface area (Å²) in [5, 5.41) is 0. The maximum absolute atomic E-state index is 12.8. The average molecular weight is 455 g/mol. The van der Waals surface area contributed by atoms with E-state index in [4.69, 9.17) is 0 Å². The smallest absolute Gasteiger partial charge is 0.135 e. The van der Waals surface area contributed by atoms with Gasteiger partial charge in [-0.2, -0.15) is 0 Å². The monoisotopic (exact) mass is 454 g/mol. The number of hydrogen-bond acceptors (Lipinski definition) is 2. The predicted octanol–water partition coefficient (Wildman–Crippen LogP) is 8.90. The van der Waals surface area contributed by atoms with Crippen molar-refractivity contribution in [3.63, 3.8) is 0 Å². The summed E-state index contributed by atoms with van der Waals surface area (Å²) in [6.45, 7) is 4.47. The molecule has 1 aromatic carbocycles. The predicted molar refractivity (Wildman–Crippen MR) is 140 cm³/mol. The molecule has 0 heterocycles. The van der Waals surface area contributed by atoms with Crippen molar-refractivity contribution in [3.05, 3.63) is 35.9 Å². The Bertz CT molecular complexity index is 648. The summed E-state index contributed by atoms with van der Waals surface area (Å²) in [7, 11) is 0. The molecular weight excluding hydrogens is 404 g/mol. The van der Waals surface area contributed by atoms with Crippen molar-refractivity contribution in [2.24, 2.45) is 17.8 Å². The number of ketones is 2. The Morgan fingerprint density at radius 3 is 2.18 bits per heavy atom. The minimum Gasteiger partial charge on any atom is -0.300 e. The molecule has 0 bridgehead atoms. The first kappa shape index (κ1) is 27.8. The van der Waals surface area contributed by atoms with Crippen LogP contribution in [0, 0.1) is 17.8 Å². The van der Waals surface area contributed by atoms with Gasteiger partial charge in [-0.15, -0.1) is 0 Å². The molecule has 186 valence electrons. The Kier molecular flexibility index (Phi) is 14.4. The molecule has 2 nitrogen and oxygen atoms in total. The second-order valence-corrected chi connectivity index (χ2v) is 10.6. The molecule has 2 heteroatoms. The quantitative estimate of drug-likeness (QED) is 0.207. The molecule has 0 aromatic heterocycles. The maximum atomic E-state index is 12.8. The zero-order valence-electron chi connectivity index (χ0n) is 21.7. The minimum atomic E-state index is 0.225. The minimum absolute atomic E-state index is 0.225. The van der Waals surface area contributed by atoms with Crippen molar-refractivity contribution >= 4 is 11.6 Å². The zero-order chi connectivity index (χ0) is 23.7. The number of unbranched alkanes of at least 4 members (excludes halogenated alkanes) is 2. The van der Waals surface area contributed by atoms with E-state index >= 15 is 0 Å². The second kappa shape index (κ2) is 17.1. The first-order valence-electron chi connectivity index (χ1n) is 14.2. The van der Waals surface area contributed by atoms with Crippen molar-refractivity contribution in [1.82, 2.24) is 0 Å². The van der Waals surface area contributed by atoms with E-state index in [9.17, 15) is 9.59 Å². The Hall–Kier alpha value is -1.44. The molecule has 1 fully saturated rings. The number of carbonyl (C=O) groups excluding carboxylic acids is 2. The molecule has 1 saturated carbocycles. The van der Waals surface area contributed by atoms with Crippen LogP contribution >= 0.6 is 0 Å². The number of aryl methyl sites for hydroxylation is 1. The molecule has 0 radical (unpaired) electrons. The fourth-order valence-electron chi connectivity index (χ4n) is 5.89. The van der Waals surface area contributed by atoms with Crippen LogP contribution in [0.4, 0.5) is 0 Å². The van der Waals surface area contributed by atoms with Crippen LogP contribution in [0.25, 0.3) is 0 Å². The van der Waals surface area contributed by atoms with Crippen LogP contribution in [0.5, 0.6) is 0 Å². The van der Waals surface area contributed by atoms with Crippen LogP contribution in [-0.2, 0) is 16.0 Å². The molecule has 1 aliphatic rings. The summed E-state index contributed by atoms with van der Waals surface area (Å²) in [6.07, 6.45) is 19.5. The van der Waals surface area contributed by atoms with Crippen molar-refractivity contribution < 1.29 is 9.59 Å². The summed E-state index contributed by atoms with van der Waals surface area (Å²) >= 11 is 0. The molecule has 0 amide bonds. The van der Waals surface area contributed by atoms with Gasteiger partial charge in [-0.3, -0.25) is 9.59 Å². The maximum Gasteiger partial charge on any atom is 0.135 e. The highest BCUT2D eigenvalue weighted by Gasteiger charge is 2.24. The van der Waals surface area contributed by atoms with Crippen LogP contribution in [0.3, 0.4) is 0 Å². The number of benzene rings is 1. The van der Waals surface area contributed by atoms with Crippen molar-refractivity contribution in [1.29, 1.82) is 0 Å². The highest BCUT2D eigenvalue weighted by atomic mass is 16.1. The van der Waals surface area contributed by atoms with E-state index in [0.717, 1.165) is 76.0 Å². The normalized spacial score (nSPS) is 19.3. The third-order valence-electron chi connectivity index (χ3n) is 7.85. The van der Waals surface area contributed by atoms with Crippen LogP contribution in [0.15, 0.2) is 30.3 Å². The summed E-state index contributed by atoms with van der Waals surface area (Å²) in [5.74, 6) is 2.73. The van der Waals surface area contributed by atoms with Gasteiger partial charge in [0, 0.05) is 25.2 Å². The second-order valence-electron chi connectivity index (χ2n) is 10.6. The standard InChI is InChI=1S/C31H50O2/c1-3-14-27-19-10-11-20-28(27)24-25-30(32)22-12-13-23-31(33)29(15-4-2)21-9-8-18-26-16-6-5-7-17-26/h5-7,16-17,27-29H,3-4,8-15,18-25H2,1-2H3. The number of Topliss-reactive ketones (excluding diaryl/α,β-unsaturated/α-hetero) is 2. The van der Waals surface area contributed by atoms with Crippen molar-refractivity contribution in [3.8, 4) is 0 Å². The SMILES string of the molecule is CCCC(CCCCc1ccccc1)C(=O)CCCCC(=O)CCC1CCCCC1CCC. The molecule has 0 saturated heterocycles. The molecule has 2 rings (SSSR count). The summed E-state index contributed by atoms with van der Waals surface area (Å²) in [4.78, 5) is 25.2. The topological polar surface area (TPSA) is 34.1 Å². The average Bonchev–Trinajstić information content (AvgIpc) is 2.84. The van der Waals surface area contributed by atoms with Crippen molar-refractivity contribution in [2.75, 3.05) is 0 Å². The molecule has 0 N–H and O–H groups in total. The van der Waals surface area contributed by atoms with E-state index in [1.165, 1.54) is 44.1 Å². The van der Waals surface area contributed by atoms with Gasteiger partial charge in [-0.25, -0.2) is 0 Å². The number of hydrogen-bond donors (Lipinski definition) is 0. The van der Waals surface area contributed by atoms with Crippen LogP contribution in [-0.4, -0.2) is 11.6 Å². The number of carbonyl (C=O) groups is 2. The first-order chi connectivity index (χ1) is 16.1. The van der Waals surface area contributed by atoms with E-state index < -0.39 is 0 Å². The van der Waals surface area contributed by atoms with Gasteiger partial charge in [0.1, 0.15) is 11.6 Å². The van der Waals surface area contributed by atoms with Crippen LogP contribution in [0.2, 0.25) is 0 Å². The molecule has 1 aromatic rings. The summed E-state index contributed by atoms with van der Waals surface area (Å²) in [6, 6.07) is 10.6. The van der Waals surface area contributed by atoms with Gasteiger partial charge in [0.05, 0.1) is 0 Å². The Labute approximate surface area is 204 Å². The lowest BCUT2D eigenvalue weighted by Gasteiger charge is -2.31. The molecule has 3 atom stereocenters. The Morgan fingerprint density at radius 2 is 1.48 bits per heavy atom. The van der Waals surface area contributed by atoms with Crippen LogP contribution < -0.4 is 0 Å². The highest BCUT2D eigenvalue weighted by molar-refractivity contribution is 5.81. The van der Waals surface area contributed by atoms with E-state index in [0.29, 0.717) is 24.4 Å². The molecule has 1 aliphatic carbocycles. The molecule has 0 aliphatic heterocycles. The van der Waals surface area contributed by atoms with Gasteiger partial charge in [0.25, 0.3) is 0 Å². The van der Waals surface area contributed by atoms with Crippen molar-refractivity contribution in [2.45, 2.75) is 129 Å². The molecule has 0 spiro atoms. The van der Waals surface area contributed by atoms with Gasteiger partial charge in [-0.1, -0.05) is 95.5 Å². The van der Waals surface area contributed by atoms with E-state index in [-0.39, 0.29) is 5.92 Å². The third kappa shape index (κ3) is 11.5. The highest BCUT2D eigenvalue weighted by Crippen LogP contribution is 2.36. The zero-order valence-corrected chi connectivity index (χ0v) is 21.7. The molecule has 3 unspecified atom stereocenters. The van der Waals surface area contributed by atoms with Gasteiger partial charge in [-0.05, 0) is 62.3 Å². The first-order valence-corrected chi connectivity index (χ1v) is 14.2. The van der Waals surface area contributed by atoms with Gasteiger partial charge < -0.3 is 0 Å². The lowest BCUT2D eigenvalue weighted by atomic mass is 9.74. The summed E-state index contributed by atoms with van der Waals surface area (Å²) in [5.41, 5.74) is 1.39. The molecular formula is C31H50O2. The largest absolute Gasteiger partial charge is 0.300 e. The Morgan fingerprint density at radius 1 is 0.788 bits per heavy atom. The number of rotatable bonds is 18. The third-order valence-corrected chi connectivity index (χ3v) is 7.85. The summed E-state index contributed by atoms with van der Waals surface area (Å²) < 4.78 is 0. The van der Waals surface area contributed by atoms with E-state index in [1.807, 2.05) is 0 Å². The van der Waals surface area contributed by atoms with Gasteiger partial charge in [0.15, 0.2) is 0 Å². The van der Waals surface area contributed by atoms with Crippen LogP contribution in [0.1, 0.15) is 129 Å². The Balaban J connectivity index is 1.58. The lowest BCUT2D eigenvalue weighted by molar-refractivity contribution is -0.124. The fraction of sp³-hybridized carbons (Fsp3) is 0.742. The molecule has 33 heavy (non-hydrogen) atoms. The lowest BCUT2D eigenvalue weighted by Crippen LogP contribution is -2.20. The van der Waals surface area contributed by atoms with Gasteiger partial charge in [0.2, 0.25) is 0 Å². The van der Waals surface area contributed by atoms with E-state index in [1.54, 1.807) is 0 Å². The fourth-order valence-corrected chi connectivity index (χ4v) is 5.89. The van der Waals surface area contributed by atoms with Gasteiger partial charge >= 0.3 is 0 Å². The van der Waals surface area contributed by atoms with E-state index in [2.05, 4.69) is 44.2 Å².